The van der Waals surface area contributed by atoms with Crippen molar-refractivity contribution in [3.8, 4) is 0 Å². The smallest absolute Gasteiger partial charge is 0.129 e. The van der Waals surface area contributed by atoms with Crippen LogP contribution in [0.1, 0.15) is 18.1 Å². The molecule has 0 amide bonds. The van der Waals surface area contributed by atoms with Crippen LogP contribution in [0.2, 0.25) is 0 Å². The second kappa shape index (κ2) is 5.21. The van der Waals surface area contributed by atoms with Crippen molar-refractivity contribution in [2.75, 3.05) is 0 Å². The largest absolute Gasteiger partial charge is 0.385 e. The third kappa shape index (κ3) is 2.98. The van der Waals surface area contributed by atoms with Crippen LogP contribution < -0.4 is 0 Å². The predicted molar refractivity (Wildman–Crippen MR) is 73.8 cm³/mol. The molecule has 2 aromatic rings. The third-order valence-electron chi connectivity index (χ3n) is 2.90. The van der Waals surface area contributed by atoms with Gasteiger partial charge in [-0.3, -0.25) is 0 Å². The molecule has 0 heterocycles. The summed E-state index contributed by atoms with van der Waals surface area (Å²) in [5, 5.41) is 10.5. The average molecular weight is 309 g/mol. The lowest BCUT2D eigenvalue weighted by atomic mass is 9.89. The highest BCUT2D eigenvalue weighted by atomic mass is 79.9. The second-order valence-corrected chi connectivity index (χ2v) is 5.48. The van der Waals surface area contributed by atoms with Gasteiger partial charge in [0.05, 0.1) is 5.60 Å². The Morgan fingerprint density at radius 1 is 1.17 bits per heavy atom. The van der Waals surface area contributed by atoms with Gasteiger partial charge in [-0.05, 0) is 30.7 Å². The molecule has 0 fully saturated rings. The van der Waals surface area contributed by atoms with Gasteiger partial charge < -0.3 is 5.11 Å². The Hall–Kier alpha value is -1.19. The van der Waals surface area contributed by atoms with Crippen LogP contribution in [-0.2, 0) is 12.0 Å². The molecule has 2 aromatic carbocycles. The summed E-state index contributed by atoms with van der Waals surface area (Å²) in [5.74, 6) is -0.390. The first-order valence-electron chi connectivity index (χ1n) is 5.71. The van der Waals surface area contributed by atoms with E-state index in [4.69, 9.17) is 0 Å². The van der Waals surface area contributed by atoms with Crippen molar-refractivity contribution < 1.29 is 9.50 Å². The van der Waals surface area contributed by atoms with Crippen molar-refractivity contribution >= 4 is 15.9 Å². The topological polar surface area (TPSA) is 20.2 Å². The SMILES string of the molecule is CC(O)(Cc1ccccc1)c1cc(Br)ccc1F. The lowest BCUT2D eigenvalue weighted by Gasteiger charge is -2.24. The van der Waals surface area contributed by atoms with E-state index >= 15 is 0 Å². The summed E-state index contributed by atoms with van der Waals surface area (Å²) < 4.78 is 14.5. The molecular weight excluding hydrogens is 295 g/mol. The van der Waals surface area contributed by atoms with E-state index in [1.807, 2.05) is 30.3 Å². The third-order valence-corrected chi connectivity index (χ3v) is 3.39. The lowest BCUT2D eigenvalue weighted by molar-refractivity contribution is 0.0537. The summed E-state index contributed by atoms with van der Waals surface area (Å²) in [4.78, 5) is 0. The zero-order chi connectivity index (χ0) is 13.2. The Morgan fingerprint density at radius 2 is 1.83 bits per heavy atom. The first-order valence-corrected chi connectivity index (χ1v) is 6.50. The van der Waals surface area contributed by atoms with E-state index in [-0.39, 0.29) is 5.82 Å². The fourth-order valence-corrected chi connectivity index (χ4v) is 2.36. The number of hydrogen-bond donors (Lipinski definition) is 1. The molecular formula is C15H14BrFO. The van der Waals surface area contributed by atoms with Crippen LogP contribution in [0, 0.1) is 5.82 Å². The maximum atomic E-state index is 13.8. The minimum atomic E-state index is -1.23. The minimum absolute atomic E-state index is 0.306. The minimum Gasteiger partial charge on any atom is -0.385 e. The van der Waals surface area contributed by atoms with Crippen molar-refractivity contribution in [3.05, 3.63) is 69.9 Å². The van der Waals surface area contributed by atoms with Crippen LogP contribution in [0.4, 0.5) is 4.39 Å². The molecule has 18 heavy (non-hydrogen) atoms. The molecule has 0 aliphatic rings. The predicted octanol–water partition coefficient (Wildman–Crippen LogP) is 4.04. The zero-order valence-corrected chi connectivity index (χ0v) is 11.6. The Bertz CT molecular complexity index is 537. The molecule has 3 heteroatoms. The van der Waals surface area contributed by atoms with Crippen LogP contribution >= 0.6 is 15.9 Å². The molecule has 1 nitrogen and oxygen atoms in total. The van der Waals surface area contributed by atoms with Crippen molar-refractivity contribution in [1.82, 2.24) is 0 Å². The van der Waals surface area contributed by atoms with Crippen molar-refractivity contribution in [3.63, 3.8) is 0 Å². The first kappa shape index (κ1) is 13.2. The van der Waals surface area contributed by atoms with Gasteiger partial charge in [0.1, 0.15) is 5.82 Å². The first-order chi connectivity index (χ1) is 8.49. The van der Waals surface area contributed by atoms with Gasteiger partial charge in [0, 0.05) is 16.5 Å². The van der Waals surface area contributed by atoms with E-state index in [0.29, 0.717) is 12.0 Å². The molecule has 2 rings (SSSR count). The van der Waals surface area contributed by atoms with Gasteiger partial charge >= 0.3 is 0 Å². The summed E-state index contributed by atoms with van der Waals surface area (Å²) in [5.41, 5.74) is 0.0532. The molecule has 0 aromatic heterocycles. The normalized spacial score (nSPS) is 14.2. The van der Waals surface area contributed by atoms with Crippen LogP contribution in [-0.4, -0.2) is 5.11 Å². The molecule has 0 radical (unpaired) electrons. The Kier molecular flexibility index (Phi) is 3.83. The van der Waals surface area contributed by atoms with E-state index in [1.165, 1.54) is 6.07 Å². The monoisotopic (exact) mass is 308 g/mol. The molecule has 0 saturated carbocycles. The van der Waals surface area contributed by atoms with Crippen LogP contribution in [0.25, 0.3) is 0 Å². The summed E-state index contributed by atoms with van der Waals surface area (Å²) >= 11 is 3.30. The number of aliphatic hydroxyl groups is 1. The maximum Gasteiger partial charge on any atom is 0.129 e. The van der Waals surface area contributed by atoms with E-state index in [0.717, 1.165) is 10.0 Å². The highest BCUT2D eigenvalue weighted by Gasteiger charge is 2.27. The highest BCUT2D eigenvalue weighted by Crippen LogP contribution is 2.29. The van der Waals surface area contributed by atoms with Gasteiger partial charge in [-0.2, -0.15) is 0 Å². The summed E-state index contributed by atoms with van der Waals surface area (Å²) in [6.07, 6.45) is 0.376. The molecule has 0 bridgehead atoms. The van der Waals surface area contributed by atoms with Crippen LogP contribution in [0.15, 0.2) is 53.0 Å². The molecule has 0 saturated heterocycles. The lowest BCUT2D eigenvalue weighted by Crippen LogP contribution is -2.25. The number of hydrogen-bond acceptors (Lipinski definition) is 1. The van der Waals surface area contributed by atoms with Gasteiger partial charge in [0.2, 0.25) is 0 Å². The van der Waals surface area contributed by atoms with Gasteiger partial charge in [0.25, 0.3) is 0 Å². The second-order valence-electron chi connectivity index (χ2n) is 4.56. The molecule has 1 unspecified atom stereocenters. The molecule has 94 valence electrons. The van der Waals surface area contributed by atoms with Gasteiger partial charge in [-0.15, -0.1) is 0 Å². The Balaban J connectivity index is 2.33. The number of halogens is 2. The Labute approximate surface area is 114 Å². The number of rotatable bonds is 3. The zero-order valence-electron chi connectivity index (χ0n) is 10.0. The number of benzene rings is 2. The summed E-state index contributed by atoms with van der Waals surface area (Å²) in [6, 6.07) is 14.2. The van der Waals surface area contributed by atoms with E-state index in [1.54, 1.807) is 19.1 Å². The Morgan fingerprint density at radius 3 is 2.50 bits per heavy atom. The van der Waals surface area contributed by atoms with E-state index in [2.05, 4.69) is 15.9 Å². The van der Waals surface area contributed by atoms with Crippen molar-refractivity contribution in [2.24, 2.45) is 0 Å². The molecule has 0 aliphatic heterocycles. The van der Waals surface area contributed by atoms with Crippen molar-refractivity contribution in [1.29, 1.82) is 0 Å². The van der Waals surface area contributed by atoms with E-state index in [9.17, 15) is 9.50 Å². The standard InChI is InChI=1S/C15H14BrFO/c1-15(18,10-11-5-3-2-4-6-11)13-9-12(16)7-8-14(13)17/h2-9,18H,10H2,1H3. The maximum absolute atomic E-state index is 13.8. The van der Waals surface area contributed by atoms with Crippen molar-refractivity contribution in [2.45, 2.75) is 18.9 Å². The molecule has 0 aliphatic carbocycles. The van der Waals surface area contributed by atoms with Gasteiger partial charge in [-0.25, -0.2) is 4.39 Å². The quantitative estimate of drug-likeness (QED) is 0.907. The summed E-state index contributed by atoms with van der Waals surface area (Å²) in [7, 11) is 0. The van der Waals surface area contributed by atoms with Crippen LogP contribution in [0.3, 0.4) is 0 Å². The summed E-state index contributed by atoms with van der Waals surface area (Å²) in [6.45, 7) is 1.63. The van der Waals surface area contributed by atoms with Gasteiger partial charge in [0.15, 0.2) is 0 Å². The van der Waals surface area contributed by atoms with Crippen LogP contribution in [0.5, 0.6) is 0 Å². The molecule has 1 atom stereocenters. The average Bonchev–Trinajstić information content (AvgIpc) is 2.33. The highest BCUT2D eigenvalue weighted by molar-refractivity contribution is 9.10. The van der Waals surface area contributed by atoms with E-state index < -0.39 is 5.60 Å². The fourth-order valence-electron chi connectivity index (χ4n) is 2.00. The van der Waals surface area contributed by atoms with Gasteiger partial charge in [-0.1, -0.05) is 46.3 Å². The fraction of sp³-hybridized carbons (Fsp3) is 0.200. The molecule has 0 spiro atoms. The molecule has 1 N–H and O–H groups in total.